The normalized spacial score (nSPS) is 16.7. The van der Waals surface area contributed by atoms with Gasteiger partial charge in [0.1, 0.15) is 17.8 Å². The van der Waals surface area contributed by atoms with Gasteiger partial charge in [-0.2, -0.15) is 0 Å². The third-order valence-electron chi connectivity index (χ3n) is 2.22. The van der Waals surface area contributed by atoms with E-state index in [-0.39, 0.29) is 17.1 Å². The molecular weight excluding hydrogens is 280 g/mol. The van der Waals surface area contributed by atoms with Crippen LogP contribution in [0, 0.1) is 0 Å². The molecule has 1 aromatic heterocycles. The SMILES string of the molecule is C=Cc1c(N)ncnc1C(C)P(=O)(O)O[P+](=O)O. The zero-order valence-electron chi connectivity index (χ0n) is 9.42. The molecule has 0 spiro atoms. The predicted molar refractivity (Wildman–Crippen MR) is 65.7 cm³/mol. The molecule has 0 aliphatic heterocycles. The first kappa shape index (κ1) is 14.9. The van der Waals surface area contributed by atoms with Gasteiger partial charge in [-0.15, -0.1) is 4.89 Å². The lowest BCUT2D eigenvalue weighted by Gasteiger charge is -2.15. The predicted octanol–water partition coefficient (Wildman–Crippen LogP) is 1.61. The molecule has 0 bridgehead atoms. The molecule has 18 heavy (non-hydrogen) atoms. The first-order valence-electron chi connectivity index (χ1n) is 4.70. The van der Waals surface area contributed by atoms with Gasteiger partial charge in [-0.1, -0.05) is 12.7 Å². The average molecular weight is 292 g/mol. The van der Waals surface area contributed by atoms with Gasteiger partial charge in [0.25, 0.3) is 0 Å². The quantitative estimate of drug-likeness (QED) is 0.696. The van der Waals surface area contributed by atoms with E-state index in [4.69, 9.17) is 10.6 Å². The fraction of sp³-hybridized carbons (Fsp3) is 0.250. The lowest BCUT2D eigenvalue weighted by molar-refractivity contribution is 0.341. The van der Waals surface area contributed by atoms with Crippen molar-refractivity contribution >= 4 is 27.7 Å². The molecular formula is C8H12N3O5P2+. The van der Waals surface area contributed by atoms with Crippen molar-refractivity contribution in [1.29, 1.82) is 0 Å². The van der Waals surface area contributed by atoms with Crippen molar-refractivity contribution in [3.05, 3.63) is 24.2 Å². The second-order valence-corrected chi connectivity index (χ2v) is 6.35. The molecule has 4 N–H and O–H groups in total. The van der Waals surface area contributed by atoms with E-state index in [1.54, 1.807) is 0 Å². The van der Waals surface area contributed by atoms with Crippen LogP contribution in [0.25, 0.3) is 6.08 Å². The molecule has 0 saturated heterocycles. The van der Waals surface area contributed by atoms with E-state index in [0.717, 1.165) is 6.33 Å². The molecule has 0 aliphatic rings. The second kappa shape index (κ2) is 5.65. The van der Waals surface area contributed by atoms with Gasteiger partial charge in [-0.05, 0) is 11.2 Å². The number of nitrogens with two attached hydrogens (primary N) is 1. The summed E-state index contributed by atoms with van der Waals surface area (Å²) in [6.45, 7) is 4.83. The summed E-state index contributed by atoms with van der Waals surface area (Å²) in [5.74, 6) is 0.0928. The largest absolute Gasteiger partial charge is 0.703 e. The van der Waals surface area contributed by atoms with Crippen LogP contribution in [-0.4, -0.2) is 19.8 Å². The van der Waals surface area contributed by atoms with Crippen LogP contribution < -0.4 is 5.73 Å². The molecule has 3 atom stereocenters. The van der Waals surface area contributed by atoms with Crippen LogP contribution in [0.1, 0.15) is 23.8 Å². The van der Waals surface area contributed by atoms with Crippen molar-refractivity contribution in [1.82, 2.24) is 9.97 Å². The van der Waals surface area contributed by atoms with Crippen molar-refractivity contribution in [2.45, 2.75) is 12.6 Å². The van der Waals surface area contributed by atoms with E-state index in [0.29, 0.717) is 0 Å². The van der Waals surface area contributed by atoms with Gasteiger partial charge in [-0.25, -0.2) is 9.97 Å². The zero-order valence-corrected chi connectivity index (χ0v) is 11.2. The van der Waals surface area contributed by atoms with Crippen LogP contribution >= 0.6 is 15.9 Å². The summed E-state index contributed by atoms with van der Waals surface area (Å²) in [5.41, 5.74) is 4.85. The Morgan fingerprint density at radius 1 is 1.67 bits per heavy atom. The number of aromatic nitrogens is 2. The van der Waals surface area contributed by atoms with Crippen molar-refractivity contribution in [3.8, 4) is 0 Å². The highest BCUT2D eigenvalue weighted by Gasteiger charge is 2.41. The fourth-order valence-electron chi connectivity index (χ4n) is 1.29. The van der Waals surface area contributed by atoms with Crippen LogP contribution in [0.2, 0.25) is 0 Å². The van der Waals surface area contributed by atoms with Crippen LogP contribution in [0.3, 0.4) is 0 Å². The molecule has 0 aliphatic carbocycles. The number of hydrogen-bond acceptors (Lipinski definition) is 6. The van der Waals surface area contributed by atoms with Crippen molar-refractivity contribution in [2.75, 3.05) is 5.73 Å². The maximum atomic E-state index is 11.8. The molecule has 0 fully saturated rings. The standard InChI is InChI=1S/C8H11N3O5P2/c1-3-6-7(10-4-11-8(6)9)5(2)18(14,15)16-17(12)13/h3-5H,1H2,2H3,(H3-,9,10,11,12,13,14,15)/p+1. The third-order valence-corrected chi connectivity index (χ3v) is 4.94. The summed E-state index contributed by atoms with van der Waals surface area (Å²) in [4.78, 5) is 25.7. The molecule has 0 amide bonds. The maximum Gasteiger partial charge on any atom is 0.703 e. The zero-order chi connectivity index (χ0) is 13.9. The Morgan fingerprint density at radius 3 is 2.78 bits per heavy atom. The smallest absolute Gasteiger partial charge is 0.383 e. The molecule has 1 rings (SSSR count). The number of rotatable bonds is 5. The molecule has 0 saturated carbocycles. The summed E-state index contributed by atoms with van der Waals surface area (Å²) in [6.07, 6.45) is 2.45. The summed E-state index contributed by atoms with van der Waals surface area (Å²) < 4.78 is 26.4. The Balaban J connectivity index is 3.22. The highest BCUT2D eigenvalue weighted by atomic mass is 31.2. The summed E-state index contributed by atoms with van der Waals surface area (Å²) >= 11 is 0. The molecule has 8 nitrogen and oxygen atoms in total. The first-order valence-corrected chi connectivity index (χ1v) is 7.48. The van der Waals surface area contributed by atoms with E-state index < -0.39 is 21.5 Å². The van der Waals surface area contributed by atoms with E-state index in [1.807, 2.05) is 0 Å². The summed E-state index contributed by atoms with van der Waals surface area (Å²) in [5, 5.41) is 0. The number of nitrogen functional groups attached to an aromatic ring is 1. The third kappa shape index (κ3) is 3.19. The fourth-order valence-corrected chi connectivity index (χ4v) is 3.17. The summed E-state index contributed by atoms with van der Waals surface area (Å²) in [7, 11) is -7.55. The Morgan fingerprint density at radius 2 is 2.28 bits per heavy atom. The van der Waals surface area contributed by atoms with Crippen LogP contribution in [0.4, 0.5) is 5.82 Å². The molecule has 98 valence electrons. The van der Waals surface area contributed by atoms with Crippen LogP contribution in [-0.2, 0) is 13.4 Å². The number of anilines is 1. The van der Waals surface area contributed by atoms with Gasteiger partial charge < -0.3 is 10.6 Å². The Labute approximate surface area is 104 Å². The van der Waals surface area contributed by atoms with Gasteiger partial charge in [0.05, 0.1) is 5.69 Å². The summed E-state index contributed by atoms with van der Waals surface area (Å²) in [6, 6.07) is 0. The highest BCUT2D eigenvalue weighted by Crippen LogP contribution is 2.61. The lowest BCUT2D eigenvalue weighted by atomic mass is 10.1. The number of hydrogen-bond donors (Lipinski definition) is 3. The van der Waals surface area contributed by atoms with E-state index in [9.17, 15) is 14.0 Å². The second-order valence-electron chi connectivity index (χ2n) is 3.32. The molecule has 1 aromatic rings. The van der Waals surface area contributed by atoms with Crippen molar-refractivity contribution < 1.29 is 23.2 Å². The highest BCUT2D eigenvalue weighted by molar-refractivity contribution is 7.59. The van der Waals surface area contributed by atoms with Crippen LogP contribution in [0.5, 0.6) is 0 Å². The maximum absolute atomic E-state index is 11.8. The number of nitrogens with zero attached hydrogens (tertiary/aromatic N) is 2. The van der Waals surface area contributed by atoms with E-state index >= 15 is 0 Å². The Bertz CT molecular complexity index is 535. The monoisotopic (exact) mass is 292 g/mol. The molecule has 0 aromatic carbocycles. The van der Waals surface area contributed by atoms with Gasteiger partial charge >= 0.3 is 15.9 Å². The van der Waals surface area contributed by atoms with Gasteiger partial charge in [0, 0.05) is 10.1 Å². The topological polar surface area (TPSA) is 136 Å². The van der Waals surface area contributed by atoms with Gasteiger partial charge in [-0.3, -0.25) is 4.57 Å². The lowest BCUT2D eigenvalue weighted by Crippen LogP contribution is -2.06. The van der Waals surface area contributed by atoms with Crippen molar-refractivity contribution in [3.63, 3.8) is 0 Å². The first-order chi connectivity index (χ1) is 8.29. The van der Waals surface area contributed by atoms with Gasteiger partial charge in [0.15, 0.2) is 0 Å². The van der Waals surface area contributed by atoms with Gasteiger partial charge in [0.2, 0.25) is 0 Å². The minimum absolute atomic E-state index is 0.0928. The van der Waals surface area contributed by atoms with E-state index in [1.165, 1.54) is 13.0 Å². The minimum Gasteiger partial charge on any atom is -0.383 e. The Kier molecular flexibility index (Phi) is 4.67. The molecule has 10 heteroatoms. The Hall–Kier alpha value is -1.17. The molecule has 0 radical (unpaired) electrons. The average Bonchev–Trinajstić information content (AvgIpc) is 2.26. The van der Waals surface area contributed by atoms with Crippen LogP contribution in [0.15, 0.2) is 12.9 Å². The minimum atomic E-state index is -4.35. The molecule has 1 heterocycles. The van der Waals surface area contributed by atoms with E-state index in [2.05, 4.69) is 20.9 Å². The van der Waals surface area contributed by atoms with Crippen molar-refractivity contribution in [2.24, 2.45) is 0 Å². The molecule has 3 unspecified atom stereocenters.